The lowest BCUT2D eigenvalue weighted by Gasteiger charge is -2.35. The minimum Gasteiger partial charge on any atom is -0.314 e. The summed E-state index contributed by atoms with van der Waals surface area (Å²) in [6.07, 6.45) is 9.55. The molecule has 1 saturated carbocycles. The Labute approximate surface area is 269 Å². The van der Waals surface area contributed by atoms with E-state index in [1.807, 2.05) is 0 Å². The Morgan fingerprint density at radius 1 is 0.556 bits per heavy atom. The molecule has 0 bridgehead atoms. The molecule has 4 aromatic rings. The van der Waals surface area contributed by atoms with Crippen LogP contribution in [-0.4, -0.2) is 0 Å². The van der Waals surface area contributed by atoms with Crippen molar-refractivity contribution in [2.45, 2.75) is 54.4 Å². The molecule has 0 radical (unpaired) electrons. The maximum Gasteiger partial charge on any atom is 0.0461 e. The number of hydrogen-bond donors (Lipinski definition) is 0. The molecule has 0 saturated heterocycles. The van der Waals surface area contributed by atoms with Gasteiger partial charge in [-0.25, -0.2) is 0 Å². The van der Waals surface area contributed by atoms with Crippen LogP contribution in [0, 0.1) is 45.4 Å². The Hall–Kier alpha value is -4.56. The van der Waals surface area contributed by atoms with E-state index in [0.29, 0.717) is 17.8 Å². The largest absolute Gasteiger partial charge is 0.314 e. The van der Waals surface area contributed by atoms with Crippen LogP contribution in [0.3, 0.4) is 0 Å². The third-order valence-electron chi connectivity index (χ3n) is 9.73. The molecule has 1 fully saturated rings. The number of aryl methyl sites for hydroxylation is 4. The van der Waals surface area contributed by atoms with Crippen LogP contribution < -0.4 is 9.80 Å². The predicted octanol–water partition coefficient (Wildman–Crippen LogP) is 11.6. The molecule has 0 aliphatic heterocycles. The number of rotatable bonds is 7. The van der Waals surface area contributed by atoms with Crippen LogP contribution in [0.2, 0.25) is 0 Å². The lowest BCUT2D eigenvalue weighted by molar-refractivity contribution is 0.642. The van der Waals surface area contributed by atoms with Crippen molar-refractivity contribution in [3.63, 3.8) is 0 Å². The van der Waals surface area contributed by atoms with E-state index in [1.54, 1.807) is 5.57 Å². The summed E-state index contributed by atoms with van der Waals surface area (Å²) in [5.41, 5.74) is 17.4. The molecule has 0 N–H and O–H groups in total. The van der Waals surface area contributed by atoms with Crippen LogP contribution in [0.5, 0.6) is 0 Å². The fourth-order valence-corrected chi connectivity index (χ4v) is 7.57. The number of allylic oxidation sites excluding steroid dienone is 8. The molecular formula is C43H44N2. The van der Waals surface area contributed by atoms with Gasteiger partial charge in [-0.1, -0.05) is 61.5 Å². The second-order valence-corrected chi connectivity index (χ2v) is 13.5. The number of benzene rings is 4. The van der Waals surface area contributed by atoms with Crippen LogP contribution in [0.15, 0.2) is 143 Å². The molecule has 0 aromatic heterocycles. The number of nitrogens with zero attached hydrogens (tertiary/aromatic N) is 2. The molecule has 3 aliphatic rings. The van der Waals surface area contributed by atoms with Crippen LogP contribution >= 0.6 is 0 Å². The molecule has 0 heterocycles. The van der Waals surface area contributed by atoms with E-state index < -0.39 is 0 Å². The highest BCUT2D eigenvalue weighted by Crippen LogP contribution is 2.58. The van der Waals surface area contributed by atoms with Gasteiger partial charge in [-0.2, -0.15) is 0 Å². The summed E-state index contributed by atoms with van der Waals surface area (Å²) < 4.78 is 0. The lowest BCUT2D eigenvalue weighted by atomic mass is 9.80. The molecular weight excluding hydrogens is 544 g/mol. The highest BCUT2D eigenvalue weighted by Gasteiger charge is 2.48. The topological polar surface area (TPSA) is 6.48 Å². The van der Waals surface area contributed by atoms with E-state index in [9.17, 15) is 0 Å². The van der Waals surface area contributed by atoms with E-state index in [4.69, 9.17) is 0 Å². The summed E-state index contributed by atoms with van der Waals surface area (Å²) >= 11 is 0. The Balaban J connectivity index is 1.28. The van der Waals surface area contributed by atoms with Crippen molar-refractivity contribution in [3.05, 3.63) is 166 Å². The molecule has 4 aromatic carbocycles. The van der Waals surface area contributed by atoms with E-state index in [1.165, 1.54) is 74.0 Å². The van der Waals surface area contributed by atoms with Gasteiger partial charge < -0.3 is 9.80 Å². The van der Waals surface area contributed by atoms with Crippen LogP contribution in [0.25, 0.3) is 0 Å². The normalized spacial score (nSPS) is 20.6. The second kappa shape index (κ2) is 11.7. The maximum atomic E-state index is 2.52. The van der Waals surface area contributed by atoms with Crippen LogP contribution in [-0.2, 0) is 0 Å². The summed E-state index contributed by atoms with van der Waals surface area (Å²) in [6.45, 7) is 13.5. The van der Waals surface area contributed by atoms with Gasteiger partial charge in [0.2, 0.25) is 0 Å². The number of anilines is 4. The zero-order valence-corrected chi connectivity index (χ0v) is 27.5. The van der Waals surface area contributed by atoms with Gasteiger partial charge in [0.25, 0.3) is 0 Å². The van der Waals surface area contributed by atoms with E-state index in [2.05, 4.69) is 167 Å². The molecule has 7 rings (SSSR count). The van der Waals surface area contributed by atoms with Gasteiger partial charge in [-0.05, 0) is 159 Å². The summed E-state index contributed by atoms with van der Waals surface area (Å²) in [5.74, 6) is 1.56. The minimum absolute atomic E-state index is 0.438. The summed E-state index contributed by atoms with van der Waals surface area (Å²) in [4.78, 5) is 4.98. The Bertz CT molecular complexity index is 1810. The summed E-state index contributed by atoms with van der Waals surface area (Å²) in [5, 5.41) is 0. The second-order valence-electron chi connectivity index (χ2n) is 13.5. The highest BCUT2D eigenvalue weighted by molar-refractivity contribution is 5.73. The van der Waals surface area contributed by atoms with Crippen molar-refractivity contribution < 1.29 is 0 Å². The first-order valence-electron chi connectivity index (χ1n) is 16.5. The third kappa shape index (κ3) is 5.71. The predicted molar refractivity (Wildman–Crippen MR) is 191 cm³/mol. The first kappa shape index (κ1) is 29.2. The van der Waals surface area contributed by atoms with E-state index in [-0.39, 0.29) is 0 Å². The first-order valence-corrected chi connectivity index (χ1v) is 16.5. The van der Waals surface area contributed by atoms with Crippen LogP contribution in [0.4, 0.5) is 22.7 Å². The van der Waals surface area contributed by atoms with Gasteiger partial charge >= 0.3 is 0 Å². The molecule has 3 unspecified atom stereocenters. The lowest BCUT2D eigenvalue weighted by Crippen LogP contribution is -2.24. The summed E-state index contributed by atoms with van der Waals surface area (Å²) in [6, 6.07) is 35.7. The quantitative estimate of drug-likeness (QED) is 0.212. The third-order valence-corrected chi connectivity index (χ3v) is 9.73. The van der Waals surface area contributed by atoms with Gasteiger partial charge in [0.1, 0.15) is 0 Å². The van der Waals surface area contributed by atoms with Crippen molar-refractivity contribution in [3.8, 4) is 0 Å². The van der Waals surface area contributed by atoms with Crippen molar-refractivity contribution in [2.24, 2.45) is 17.8 Å². The highest BCUT2D eigenvalue weighted by atomic mass is 15.2. The zero-order valence-electron chi connectivity index (χ0n) is 27.5. The Kier molecular flexibility index (Phi) is 7.61. The zero-order chi connectivity index (χ0) is 31.2. The number of fused-ring (bicyclic) bond motifs is 1. The van der Waals surface area contributed by atoms with E-state index in [0.717, 1.165) is 6.42 Å². The molecule has 45 heavy (non-hydrogen) atoms. The van der Waals surface area contributed by atoms with E-state index >= 15 is 0 Å². The molecule has 2 heteroatoms. The fraction of sp³-hybridized carbons (Fsp3) is 0.256. The average molecular weight is 589 g/mol. The summed E-state index contributed by atoms with van der Waals surface area (Å²) in [7, 11) is 0. The maximum absolute atomic E-state index is 2.52. The minimum atomic E-state index is 0.438. The Morgan fingerprint density at radius 3 is 1.47 bits per heavy atom. The fourth-order valence-electron chi connectivity index (χ4n) is 7.57. The van der Waals surface area contributed by atoms with Gasteiger partial charge in [0.05, 0.1) is 0 Å². The molecule has 3 aliphatic carbocycles. The monoisotopic (exact) mass is 588 g/mol. The Morgan fingerprint density at radius 2 is 1.02 bits per heavy atom. The van der Waals surface area contributed by atoms with Crippen molar-refractivity contribution >= 4 is 22.7 Å². The molecule has 2 nitrogen and oxygen atoms in total. The molecule has 226 valence electrons. The van der Waals surface area contributed by atoms with Gasteiger partial charge in [-0.3, -0.25) is 0 Å². The molecule has 0 amide bonds. The van der Waals surface area contributed by atoms with Gasteiger partial charge in [0, 0.05) is 40.1 Å². The van der Waals surface area contributed by atoms with Crippen molar-refractivity contribution in [2.75, 3.05) is 9.80 Å². The SMILES string of the molecule is CC1=C(C2=CC=C(N(c3cccc(C)c3)c3cccc(C)c3)CC2C)C2CC2C(N(c2cccc(C)c2)c2cccc(C)c2)=C1. The van der Waals surface area contributed by atoms with Crippen molar-refractivity contribution in [1.82, 2.24) is 0 Å². The molecule has 3 atom stereocenters. The average Bonchev–Trinajstić information content (AvgIpc) is 3.80. The molecule has 0 spiro atoms. The van der Waals surface area contributed by atoms with Crippen molar-refractivity contribution in [1.29, 1.82) is 0 Å². The van der Waals surface area contributed by atoms with Crippen LogP contribution in [0.1, 0.15) is 48.9 Å². The number of hydrogen-bond acceptors (Lipinski definition) is 2. The standard InChI is InChI=1S/C43H44N2/c1-28-11-7-15-34(21-28)44(35-16-8-12-29(2)22-35)38-19-20-39(32(5)25-38)43-33(6)26-42(40-27-41(40)43)45(36-17-9-13-30(3)23-36)37-18-10-14-31(4)24-37/h7-24,26,32,40-41H,25,27H2,1-6H3. The van der Waals surface area contributed by atoms with Gasteiger partial charge in [-0.15, -0.1) is 0 Å². The smallest absolute Gasteiger partial charge is 0.0461 e. The first-order chi connectivity index (χ1) is 21.8. The van der Waals surface area contributed by atoms with Gasteiger partial charge in [0.15, 0.2) is 0 Å².